The Balaban J connectivity index is 1.48. The van der Waals surface area contributed by atoms with Gasteiger partial charge in [0.15, 0.2) is 4.96 Å². The number of carbonyl (C=O) groups is 2. The standard InChI is InChI=1S/C18H24N4O3S2/c1-2-4-15(23)19-13-5-3-6-21(10-13)17(25)12-26-11-14-9-16(24)22-7-8-27-18(22)20-14/h7-9,13H,2-6,10-12H2,1H3,(H,19,23). The highest BCUT2D eigenvalue weighted by molar-refractivity contribution is 7.99. The average molecular weight is 409 g/mol. The molecule has 2 amide bonds. The van der Waals surface area contributed by atoms with Gasteiger partial charge in [-0.05, 0) is 19.3 Å². The highest BCUT2D eigenvalue weighted by Gasteiger charge is 2.24. The van der Waals surface area contributed by atoms with Crippen LogP contribution in [0.5, 0.6) is 0 Å². The minimum Gasteiger partial charge on any atom is -0.352 e. The lowest BCUT2D eigenvalue weighted by atomic mass is 10.1. The zero-order valence-corrected chi connectivity index (χ0v) is 17.0. The van der Waals surface area contributed by atoms with Crippen molar-refractivity contribution in [2.24, 2.45) is 0 Å². The molecule has 146 valence electrons. The lowest BCUT2D eigenvalue weighted by molar-refractivity contribution is -0.131. The molecule has 1 aliphatic heterocycles. The van der Waals surface area contributed by atoms with E-state index in [4.69, 9.17) is 0 Å². The number of likely N-dealkylation sites (tertiary alicyclic amines) is 1. The number of thiazole rings is 1. The molecule has 0 aliphatic carbocycles. The highest BCUT2D eigenvalue weighted by atomic mass is 32.2. The molecule has 1 saturated heterocycles. The normalized spacial score (nSPS) is 17.2. The van der Waals surface area contributed by atoms with Gasteiger partial charge in [0.25, 0.3) is 5.56 Å². The quantitative estimate of drug-likeness (QED) is 0.756. The summed E-state index contributed by atoms with van der Waals surface area (Å²) in [6.07, 6.45) is 4.89. The fraction of sp³-hybridized carbons (Fsp3) is 0.556. The number of piperidine rings is 1. The van der Waals surface area contributed by atoms with Gasteiger partial charge in [0, 0.05) is 48.9 Å². The Hall–Kier alpha value is -1.87. The molecule has 0 spiro atoms. The van der Waals surface area contributed by atoms with Gasteiger partial charge in [-0.25, -0.2) is 4.98 Å². The third-order valence-corrected chi connectivity index (χ3v) is 6.16. The van der Waals surface area contributed by atoms with Gasteiger partial charge in [0.2, 0.25) is 11.8 Å². The van der Waals surface area contributed by atoms with Crippen LogP contribution in [0.2, 0.25) is 0 Å². The molecule has 0 aromatic carbocycles. The third kappa shape index (κ3) is 5.32. The van der Waals surface area contributed by atoms with E-state index in [1.165, 1.54) is 33.6 Å². The molecule has 1 fully saturated rings. The molecule has 9 heteroatoms. The van der Waals surface area contributed by atoms with Crippen molar-refractivity contribution in [3.05, 3.63) is 33.7 Å². The van der Waals surface area contributed by atoms with Crippen LogP contribution >= 0.6 is 23.1 Å². The summed E-state index contributed by atoms with van der Waals surface area (Å²) in [7, 11) is 0. The Morgan fingerprint density at radius 1 is 1.44 bits per heavy atom. The summed E-state index contributed by atoms with van der Waals surface area (Å²) >= 11 is 2.89. The fourth-order valence-electron chi connectivity index (χ4n) is 3.14. The van der Waals surface area contributed by atoms with E-state index < -0.39 is 0 Å². The minimum absolute atomic E-state index is 0.0506. The molecule has 0 saturated carbocycles. The van der Waals surface area contributed by atoms with Crippen LogP contribution in [0.25, 0.3) is 4.96 Å². The van der Waals surface area contributed by atoms with Crippen molar-refractivity contribution in [1.29, 1.82) is 0 Å². The molecule has 0 bridgehead atoms. The number of aromatic nitrogens is 2. The predicted octanol–water partition coefficient (Wildman–Crippen LogP) is 1.90. The molecule has 3 heterocycles. The van der Waals surface area contributed by atoms with Gasteiger partial charge < -0.3 is 10.2 Å². The van der Waals surface area contributed by atoms with E-state index in [2.05, 4.69) is 10.3 Å². The summed E-state index contributed by atoms with van der Waals surface area (Å²) in [6.45, 7) is 3.29. The molecule has 3 rings (SSSR count). The van der Waals surface area contributed by atoms with Gasteiger partial charge in [0.1, 0.15) is 0 Å². The number of nitrogens with zero attached hydrogens (tertiary/aromatic N) is 3. The number of amides is 2. The molecule has 1 aliphatic rings. The SMILES string of the molecule is CCCC(=O)NC1CCCN(C(=O)CSCc2cc(=O)n3ccsc3n2)C1. The maximum atomic E-state index is 12.5. The van der Waals surface area contributed by atoms with Crippen molar-refractivity contribution in [3.8, 4) is 0 Å². The summed E-state index contributed by atoms with van der Waals surface area (Å²) in [6, 6.07) is 1.58. The second kappa shape index (κ2) is 9.36. The van der Waals surface area contributed by atoms with Crippen molar-refractivity contribution >= 4 is 39.9 Å². The summed E-state index contributed by atoms with van der Waals surface area (Å²) in [5, 5.41) is 4.85. The van der Waals surface area contributed by atoms with Crippen LogP contribution < -0.4 is 10.9 Å². The van der Waals surface area contributed by atoms with Crippen molar-refractivity contribution in [1.82, 2.24) is 19.6 Å². The largest absolute Gasteiger partial charge is 0.352 e. The number of fused-ring (bicyclic) bond motifs is 1. The van der Waals surface area contributed by atoms with Crippen molar-refractivity contribution in [3.63, 3.8) is 0 Å². The summed E-state index contributed by atoms with van der Waals surface area (Å²) in [5.74, 6) is 1.01. The Morgan fingerprint density at radius 2 is 2.30 bits per heavy atom. The van der Waals surface area contributed by atoms with Gasteiger partial charge in [-0.3, -0.25) is 18.8 Å². The predicted molar refractivity (Wildman–Crippen MR) is 108 cm³/mol. The monoisotopic (exact) mass is 408 g/mol. The van der Waals surface area contributed by atoms with Crippen LogP contribution in [0.1, 0.15) is 38.3 Å². The van der Waals surface area contributed by atoms with Gasteiger partial charge in [0.05, 0.1) is 11.4 Å². The molecule has 2 aromatic heterocycles. The van der Waals surface area contributed by atoms with E-state index in [9.17, 15) is 14.4 Å². The molecule has 27 heavy (non-hydrogen) atoms. The Kier molecular flexibility index (Phi) is 6.89. The molecule has 0 radical (unpaired) electrons. The lowest BCUT2D eigenvalue weighted by Crippen LogP contribution is -2.50. The minimum atomic E-state index is -0.0927. The topological polar surface area (TPSA) is 83.8 Å². The molecule has 2 aromatic rings. The molecular weight excluding hydrogens is 384 g/mol. The first-order valence-electron chi connectivity index (χ1n) is 9.17. The van der Waals surface area contributed by atoms with E-state index in [0.717, 1.165) is 25.8 Å². The van der Waals surface area contributed by atoms with Gasteiger partial charge in [-0.15, -0.1) is 23.1 Å². The maximum absolute atomic E-state index is 12.5. The molecule has 1 unspecified atom stereocenters. The molecule has 1 atom stereocenters. The van der Waals surface area contributed by atoms with E-state index in [1.54, 1.807) is 6.20 Å². The summed E-state index contributed by atoms with van der Waals surface area (Å²) in [4.78, 5) is 43.2. The number of nitrogens with one attached hydrogen (secondary N) is 1. The van der Waals surface area contributed by atoms with Crippen molar-refractivity contribution < 1.29 is 9.59 Å². The van der Waals surface area contributed by atoms with E-state index >= 15 is 0 Å². The lowest BCUT2D eigenvalue weighted by Gasteiger charge is -2.33. The molecule has 1 N–H and O–H groups in total. The van der Waals surface area contributed by atoms with Crippen LogP contribution in [0, 0.1) is 0 Å². The number of carbonyl (C=O) groups excluding carboxylic acids is 2. The van der Waals surface area contributed by atoms with Crippen molar-refractivity contribution in [2.45, 2.75) is 44.4 Å². The molecule has 7 nitrogen and oxygen atoms in total. The van der Waals surface area contributed by atoms with Crippen LogP contribution in [0.15, 0.2) is 22.4 Å². The number of rotatable bonds is 7. The first-order valence-corrected chi connectivity index (χ1v) is 11.2. The first-order chi connectivity index (χ1) is 13.1. The van der Waals surface area contributed by atoms with E-state index in [1.807, 2.05) is 17.2 Å². The molecular formula is C18H24N4O3S2. The van der Waals surface area contributed by atoms with Gasteiger partial charge in [-0.1, -0.05) is 6.92 Å². The Morgan fingerprint density at radius 3 is 3.11 bits per heavy atom. The Bertz CT molecular complexity index is 864. The van der Waals surface area contributed by atoms with E-state index in [-0.39, 0.29) is 23.4 Å². The second-order valence-corrected chi connectivity index (χ2v) is 8.49. The maximum Gasteiger partial charge on any atom is 0.258 e. The zero-order valence-electron chi connectivity index (χ0n) is 15.3. The average Bonchev–Trinajstić information content (AvgIpc) is 3.11. The van der Waals surface area contributed by atoms with Gasteiger partial charge in [-0.2, -0.15) is 0 Å². The van der Waals surface area contributed by atoms with Crippen LogP contribution in [-0.2, 0) is 15.3 Å². The van der Waals surface area contributed by atoms with Crippen LogP contribution in [0.3, 0.4) is 0 Å². The summed E-state index contributed by atoms with van der Waals surface area (Å²) < 4.78 is 1.52. The van der Waals surface area contributed by atoms with Crippen molar-refractivity contribution in [2.75, 3.05) is 18.8 Å². The number of hydrogen-bond donors (Lipinski definition) is 1. The third-order valence-electron chi connectivity index (χ3n) is 4.45. The zero-order chi connectivity index (χ0) is 19.2. The summed E-state index contributed by atoms with van der Waals surface area (Å²) in [5.41, 5.74) is 0.605. The van der Waals surface area contributed by atoms with E-state index in [0.29, 0.717) is 35.1 Å². The van der Waals surface area contributed by atoms with Crippen LogP contribution in [-0.4, -0.2) is 51.0 Å². The number of hydrogen-bond acceptors (Lipinski definition) is 6. The Labute approximate surface area is 166 Å². The smallest absolute Gasteiger partial charge is 0.258 e. The van der Waals surface area contributed by atoms with Gasteiger partial charge >= 0.3 is 0 Å². The highest BCUT2D eigenvalue weighted by Crippen LogP contribution is 2.16. The number of thioether (sulfide) groups is 1. The fourth-order valence-corrected chi connectivity index (χ4v) is 4.70. The first kappa shape index (κ1) is 19.9. The van der Waals surface area contributed by atoms with Crippen LogP contribution in [0.4, 0.5) is 0 Å². The second-order valence-electron chi connectivity index (χ2n) is 6.63.